The topological polar surface area (TPSA) is 69.6 Å². The van der Waals surface area contributed by atoms with Crippen molar-refractivity contribution in [2.45, 2.75) is 37.6 Å². The molecule has 0 heterocycles. The second kappa shape index (κ2) is 5.70. The van der Waals surface area contributed by atoms with Gasteiger partial charge in [0.2, 0.25) is 0 Å². The molecule has 1 saturated carbocycles. The molecule has 0 unspecified atom stereocenters. The Bertz CT molecular complexity index is 311. The average molecular weight is 240 g/mol. The van der Waals surface area contributed by atoms with E-state index in [0.29, 0.717) is 19.4 Å². The number of allylic oxidation sites excluding steroid dienone is 1. The fourth-order valence-corrected chi connectivity index (χ4v) is 1.80. The molecule has 0 atom stereocenters. The molecule has 0 radical (unpaired) electrons. The lowest BCUT2D eigenvalue weighted by Crippen LogP contribution is -2.61. The third-order valence-electron chi connectivity index (χ3n) is 3.21. The minimum atomic E-state index is -1.02. The predicted octanol–water partition coefficient (Wildman–Crippen LogP) is 1.60. The van der Waals surface area contributed by atoms with Crippen LogP contribution in [0, 0.1) is 0 Å². The highest BCUT2D eigenvalue weighted by Crippen LogP contribution is 2.32. The first kappa shape index (κ1) is 13.5. The molecule has 1 fully saturated rings. The third-order valence-corrected chi connectivity index (χ3v) is 3.21. The standard InChI is InChI=1S/C12H20N2O3/c1-3-4-5-9-14(2)11(17)13-12(10(15)16)7-6-8-12/h3H,1,4-9H2,2H3,(H,13,17)(H,15,16). The molecule has 1 rings (SSSR count). The molecule has 0 aromatic rings. The zero-order valence-corrected chi connectivity index (χ0v) is 10.2. The number of rotatable bonds is 6. The van der Waals surface area contributed by atoms with Crippen molar-refractivity contribution in [3.63, 3.8) is 0 Å². The summed E-state index contributed by atoms with van der Waals surface area (Å²) in [4.78, 5) is 24.4. The molecule has 0 saturated heterocycles. The van der Waals surface area contributed by atoms with Crippen LogP contribution < -0.4 is 5.32 Å². The summed E-state index contributed by atoms with van der Waals surface area (Å²) < 4.78 is 0. The van der Waals surface area contributed by atoms with Gasteiger partial charge in [-0.3, -0.25) is 0 Å². The molecule has 1 aliphatic carbocycles. The Kier molecular flexibility index (Phi) is 4.54. The molecule has 2 N–H and O–H groups in total. The molecule has 0 bridgehead atoms. The molecular formula is C12H20N2O3. The van der Waals surface area contributed by atoms with Gasteiger partial charge in [0.05, 0.1) is 0 Å². The van der Waals surface area contributed by atoms with E-state index in [9.17, 15) is 9.59 Å². The number of hydrogen-bond donors (Lipinski definition) is 2. The number of hydrogen-bond acceptors (Lipinski definition) is 2. The molecule has 0 aromatic carbocycles. The van der Waals surface area contributed by atoms with Crippen molar-refractivity contribution in [1.29, 1.82) is 0 Å². The van der Waals surface area contributed by atoms with Crippen LogP contribution in [-0.4, -0.2) is 41.1 Å². The van der Waals surface area contributed by atoms with Crippen LogP contribution in [0.25, 0.3) is 0 Å². The Labute approximate surface area is 101 Å². The van der Waals surface area contributed by atoms with E-state index in [0.717, 1.165) is 19.3 Å². The maximum absolute atomic E-state index is 11.8. The molecule has 0 aliphatic heterocycles. The number of carboxylic acids is 1. The van der Waals surface area contributed by atoms with E-state index in [2.05, 4.69) is 11.9 Å². The van der Waals surface area contributed by atoms with Crippen LogP contribution in [-0.2, 0) is 4.79 Å². The Morgan fingerprint density at radius 1 is 1.53 bits per heavy atom. The first-order chi connectivity index (χ1) is 8.02. The van der Waals surface area contributed by atoms with Gasteiger partial charge in [-0.05, 0) is 32.1 Å². The Balaban J connectivity index is 2.42. The highest BCUT2D eigenvalue weighted by Gasteiger charge is 2.46. The fourth-order valence-electron chi connectivity index (χ4n) is 1.80. The van der Waals surface area contributed by atoms with E-state index < -0.39 is 11.5 Å². The largest absolute Gasteiger partial charge is 0.480 e. The van der Waals surface area contributed by atoms with Crippen molar-refractivity contribution in [3.8, 4) is 0 Å². The van der Waals surface area contributed by atoms with E-state index in [1.165, 1.54) is 4.90 Å². The fraction of sp³-hybridized carbons (Fsp3) is 0.667. The molecule has 5 heteroatoms. The molecular weight excluding hydrogens is 220 g/mol. The SMILES string of the molecule is C=CCCCN(C)C(=O)NC1(C(=O)O)CCC1. The molecule has 17 heavy (non-hydrogen) atoms. The minimum Gasteiger partial charge on any atom is -0.480 e. The van der Waals surface area contributed by atoms with E-state index in [4.69, 9.17) is 5.11 Å². The average Bonchev–Trinajstić information content (AvgIpc) is 2.22. The molecule has 1 aliphatic rings. The summed E-state index contributed by atoms with van der Waals surface area (Å²) in [5, 5.41) is 11.7. The summed E-state index contributed by atoms with van der Waals surface area (Å²) in [6.07, 6.45) is 5.39. The van der Waals surface area contributed by atoms with Crippen LogP contribution in [0.2, 0.25) is 0 Å². The highest BCUT2D eigenvalue weighted by atomic mass is 16.4. The maximum Gasteiger partial charge on any atom is 0.329 e. The molecule has 2 amide bonds. The first-order valence-corrected chi connectivity index (χ1v) is 5.89. The van der Waals surface area contributed by atoms with Gasteiger partial charge in [0.15, 0.2) is 0 Å². The number of carboxylic acid groups (broad SMARTS) is 1. The quantitative estimate of drug-likeness (QED) is 0.547. The van der Waals surface area contributed by atoms with Crippen LogP contribution in [0.5, 0.6) is 0 Å². The monoisotopic (exact) mass is 240 g/mol. The van der Waals surface area contributed by atoms with Crippen LogP contribution in [0.3, 0.4) is 0 Å². The van der Waals surface area contributed by atoms with Gasteiger partial charge in [0.1, 0.15) is 5.54 Å². The Morgan fingerprint density at radius 2 is 2.18 bits per heavy atom. The van der Waals surface area contributed by atoms with E-state index in [1.54, 1.807) is 13.1 Å². The second-order valence-electron chi connectivity index (χ2n) is 4.52. The lowest BCUT2D eigenvalue weighted by atomic mass is 9.77. The van der Waals surface area contributed by atoms with Crippen LogP contribution in [0.15, 0.2) is 12.7 Å². The van der Waals surface area contributed by atoms with Crippen molar-refractivity contribution in [2.75, 3.05) is 13.6 Å². The maximum atomic E-state index is 11.8. The van der Waals surface area contributed by atoms with Crippen LogP contribution >= 0.6 is 0 Å². The number of nitrogens with zero attached hydrogens (tertiary/aromatic N) is 1. The van der Waals surface area contributed by atoms with Crippen molar-refractivity contribution < 1.29 is 14.7 Å². The highest BCUT2D eigenvalue weighted by molar-refractivity contribution is 5.87. The Morgan fingerprint density at radius 3 is 2.59 bits per heavy atom. The first-order valence-electron chi connectivity index (χ1n) is 5.89. The molecule has 96 valence electrons. The number of unbranched alkanes of at least 4 members (excludes halogenated alkanes) is 1. The summed E-state index contributed by atoms with van der Waals surface area (Å²) in [6, 6.07) is -0.309. The summed E-state index contributed by atoms with van der Waals surface area (Å²) in [7, 11) is 1.67. The van der Waals surface area contributed by atoms with E-state index in [-0.39, 0.29) is 6.03 Å². The van der Waals surface area contributed by atoms with Gasteiger partial charge >= 0.3 is 12.0 Å². The number of carbonyl (C=O) groups excluding carboxylic acids is 1. The van der Waals surface area contributed by atoms with Gasteiger partial charge in [0.25, 0.3) is 0 Å². The third kappa shape index (κ3) is 3.22. The minimum absolute atomic E-state index is 0.309. The zero-order valence-electron chi connectivity index (χ0n) is 10.2. The second-order valence-corrected chi connectivity index (χ2v) is 4.52. The van der Waals surface area contributed by atoms with Crippen molar-refractivity contribution in [3.05, 3.63) is 12.7 Å². The number of carbonyl (C=O) groups is 2. The number of aliphatic carboxylic acids is 1. The normalized spacial score (nSPS) is 16.8. The van der Waals surface area contributed by atoms with Gasteiger partial charge in [-0.25, -0.2) is 9.59 Å². The van der Waals surface area contributed by atoms with E-state index in [1.807, 2.05) is 0 Å². The van der Waals surface area contributed by atoms with Crippen molar-refractivity contribution >= 4 is 12.0 Å². The summed E-state index contributed by atoms with van der Waals surface area (Å²) >= 11 is 0. The summed E-state index contributed by atoms with van der Waals surface area (Å²) in [5.41, 5.74) is -1.02. The van der Waals surface area contributed by atoms with Crippen LogP contribution in [0.4, 0.5) is 4.79 Å². The number of nitrogens with one attached hydrogen (secondary N) is 1. The van der Waals surface area contributed by atoms with Gasteiger partial charge in [-0.1, -0.05) is 6.08 Å². The smallest absolute Gasteiger partial charge is 0.329 e. The van der Waals surface area contributed by atoms with Crippen LogP contribution in [0.1, 0.15) is 32.1 Å². The predicted molar refractivity (Wildman–Crippen MR) is 64.8 cm³/mol. The molecule has 0 spiro atoms. The molecule has 0 aromatic heterocycles. The van der Waals surface area contributed by atoms with Crippen molar-refractivity contribution in [1.82, 2.24) is 10.2 Å². The summed E-state index contributed by atoms with van der Waals surface area (Å²) in [5.74, 6) is -0.934. The zero-order chi connectivity index (χ0) is 12.9. The number of urea groups is 1. The summed E-state index contributed by atoms with van der Waals surface area (Å²) in [6.45, 7) is 4.22. The van der Waals surface area contributed by atoms with Gasteiger partial charge < -0.3 is 15.3 Å². The van der Waals surface area contributed by atoms with Crippen molar-refractivity contribution in [2.24, 2.45) is 0 Å². The van der Waals surface area contributed by atoms with Gasteiger partial charge in [0, 0.05) is 13.6 Å². The van der Waals surface area contributed by atoms with Gasteiger partial charge in [-0.2, -0.15) is 0 Å². The lowest BCUT2D eigenvalue weighted by molar-refractivity contribution is -0.148. The number of amides is 2. The van der Waals surface area contributed by atoms with E-state index >= 15 is 0 Å². The van der Waals surface area contributed by atoms with Gasteiger partial charge in [-0.15, -0.1) is 6.58 Å². The lowest BCUT2D eigenvalue weighted by Gasteiger charge is -2.39. The Hall–Kier alpha value is -1.52. The molecule has 5 nitrogen and oxygen atoms in total.